The molecule has 1 aromatic carbocycles. The van der Waals surface area contributed by atoms with Crippen molar-refractivity contribution in [3.63, 3.8) is 0 Å². The van der Waals surface area contributed by atoms with Gasteiger partial charge in [-0.15, -0.1) is 0 Å². The summed E-state index contributed by atoms with van der Waals surface area (Å²) in [6.07, 6.45) is 1.42. The Labute approximate surface area is 133 Å². The summed E-state index contributed by atoms with van der Waals surface area (Å²) in [5.41, 5.74) is 8.57. The van der Waals surface area contributed by atoms with Crippen LogP contribution >= 0.6 is 0 Å². The lowest BCUT2D eigenvalue weighted by Crippen LogP contribution is -2.04. The van der Waals surface area contributed by atoms with Crippen molar-refractivity contribution >= 4 is 22.8 Å². The number of rotatable bonds is 3. The van der Waals surface area contributed by atoms with E-state index in [9.17, 15) is 4.79 Å². The second kappa shape index (κ2) is 5.68. The van der Waals surface area contributed by atoms with Gasteiger partial charge in [-0.3, -0.25) is 0 Å². The number of carbonyl (C=O) groups is 1. The lowest BCUT2D eigenvalue weighted by molar-refractivity contribution is 0.0601. The molecule has 0 spiro atoms. The second-order valence-electron chi connectivity index (χ2n) is 5.42. The normalized spacial score (nSPS) is 11.1. The fourth-order valence-electron chi connectivity index (χ4n) is 2.47. The van der Waals surface area contributed by atoms with Crippen LogP contribution in [-0.2, 0) is 4.74 Å². The lowest BCUT2D eigenvalue weighted by Gasteiger charge is -2.05. The maximum Gasteiger partial charge on any atom is 0.337 e. The molecule has 7 heteroatoms. The van der Waals surface area contributed by atoms with Gasteiger partial charge in [-0.05, 0) is 26.0 Å². The van der Waals surface area contributed by atoms with E-state index < -0.39 is 5.97 Å². The number of nitrogens with zero attached hydrogens (tertiary/aromatic N) is 4. The first-order valence-electron chi connectivity index (χ1n) is 7.20. The molecule has 2 heterocycles. The SMILES string of the molecule is COC(=O)c1cccc(-c2nn(C(C)C)c3ncnc(N)c23)c1. The fraction of sp³-hybridized carbons (Fsp3) is 0.250. The molecule has 0 saturated heterocycles. The molecular weight excluding hydrogens is 294 g/mol. The highest BCUT2D eigenvalue weighted by atomic mass is 16.5. The molecule has 0 saturated carbocycles. The third-order valence-corrected chi connectivity index (χ3v) is 3.56. The molecule has 3 rings (SSSR count). The standard InChI is InChI=1S/C16H17N5O2/c1-9(2)21-15-12(14(17)18-8-19-15)13(20-21)10-5-4-6-11(7-10)16(22)23-3/h4-9H,1-3H3,(H2,17,18,19). The zero-order valence-electron chi connectivity index (χ0n) is 13.1. The number of fused-ring (bicyclic) bond motifs is 1. The van der Waals surface area contributed by atoms with Crippen LogP contribution in [-0.4, -0.2) is 32.8 Å². The van der Waals surface area contributed by atoms with Crippen LogP contribution in [0.4, 0.5) is 5.82 Å². The van der Waals surface area contributed by atoms with Crippen molar-refractivity contribution in [2.24, 2.45) is 0 Å². The van der Waals surface area contributed by atoms with E-state index in [1.165, 1.54) is 13.4 Å². The summed E-state index contributed by atoms with van der Waals surface area (Å²) in [5.74, 6) is -0.0379. The highest BCUT2D eigenvalue weighted by Gasteiger charge is 2.19. The van der Waals surface area contributed by atoms with E-state index in [0.29, 0.717) is 28.1 Å². The fourth-order valence-corrected chi connectivity index (χ4v) is 2.47. The summed E-state index contributed by atoms with van der Waals surface area (Å²) in [6, 6.07) is 7.18. The van der Waals surface area contributed by atoms with Crippen molar-refractivity contribution in [1.29, 1.82) is 0 Å². The highest BCUT2D eigenvalue weighted by Crippen LogP contribution is 2.31. The number of hydrogen-bond acceptors (Lipinski definition) is 6. The van der Waals surface area contributed by atoms with Crippen molar-refractivity contribution in [2.45, 2.75) is 19.9 Å². The van der Waals surface area contributed by atoms with Gasteiger partial charge in [0.05, 0.1) is 18.1 Å². The summed E-state index contributed by atoms with van der Waals surface area (Å²) in [7, 11) is 1.35. The lowest BCUT2D eigenvalue weighted by atomic mass is 10.1. The second-order valence-corrected chi connectivity index (χ2v) is 5.42. The Hall–Kier alpha value is -2.96. The zero-order chi connectivity index (χ0) is 16.6. The molecule has 0 fully saturated rings. The van der Waals surface area contributed by atoms with Gasteiger partial charge in [-0.1, -0.05) is 12.1 Å². The van der Waals surface area contributed by atoms with Gasteiger partial charge in [0.15, 0.2) is 5.65 Å². The van der Waals surface area contributed by atoms with Crippen LogP contribution in [0.1, 0.15) is 30.2 Å². The third-order valence-electron chi connectivity index (χ3n) is 3.56. The summed E-state index contributed by atoms with van der Waals surface area (Å²) in [5, 5.41) is 5.31. The number of nitrogen functional groups attached to an aromatic ring is 1. The van der Waals surface area contributed by atoms with Crippen LogP contribution < -0.4 is 5.73 Å². The van der Waals surface area contributed by atoms with E-state index in [2.05, 4.69) is 15.1 Å². The molecule has 3 aromatic rings. The van der Waals surface area contributed by atoms with Crippen LogP contribution in [0.2, 0.25) is 0 Å². The molecule has 0 aliphatic rings. The Kier molecular flexibility index (Phi) is 3.69. The van der Waals surface area contributed by atoms with E-state index in [-0.39, 0.29) is 6.04 Å². The van der Waals surface area contributed by atoms with Crippen LogP contribution in [0.3, 0.4) is 0 Å². The van der Waals surface area contributed by atoms with Crippen molar-refractivity contribution in [1.82, 2.24) is 19.7 Å². The largest absolute Gasteiger partial charge is 0.465 e. The van der Waals surface area contributed by atoms with Crippen LogP contribution in [0, 0.1) is 0 Å². The Morgan fingerprint density at radius 1 is 1.30 bits per heavy atom. The Balaban J connectivity index is 2.26. The first-order chi connectivity index (χ1) is 11.0. The Morgan fingerprint density at radius 2 is 2.09 bits per heavy atom. The van der Waals surface area contributed by atoms with E-state index in [0.717, 1.165) is 5.56 Å². The van der Waals surface area contributed by atoms with Gasteiger partial charge < -0.3 is 10.5 Å². The number of carbonyl (C=O) groups excluding carboxylic acids is 1. The van der Waals surface area contributed by atoms with Crippen LogP contribution in [0.15, 0.2) is 30.6 Å². The van der Waals surface area contributed by atoms with E-state index in [1.54, 1.807) is 22.9 Å². The first kappa shape index (κ1) is 15.0. The third kappa shape index (κ3) is 2.50. The maximum absolute atomic E-state index is 11.7. The molecule has 0 aliphatic heterocycles. The predicted molar refractivity (Wildman–Crippen MR) is 86.9 cm³/mol. The molecule has 0 atom stereocenters. The highest BCUT2D eigenvalue weighted by molar-refractivity contribution is 5.99. The van der Waals surface area contributed by atoms with Crippen molar-refractivity contribution in [3.8, 4) is 11.3 Å². The van der Waals surface area contributed by atoms with Gasteiger partial charge in [0.2, 0.25) is 0 Å². The van der Waals surface area contributed by atoms with Gasteiger partial charge in [0.25, 0.3) is 0 Å². The summed E-state index contributed by atoms with van der Waals surface area (Å²) >= 11 is 0. The average Bonchev–Trinajstić information content (AvgIpc) is 2.95. The Morgan fingerprint density at radius 3 is 2.78 bits per heavy atom. The molecule has 23 heavy (non-hydrogen) atoms. The van der Waals surface area contributed by atoms with Gasteiger partial charge in [0, 0.05) is 11.6 Å². The summed E-state index contributed by atoms with van der Waals surface area (Å²) < 4.78 is 6.57. The number of ether oxygens (including phenoxy) is 1. The smallest absolute Gasteiger partial charge is 0.337 e. The van der Waals surface area contributed by atoms with Gasteiger partial charge in [-0.2, -0.15) is 5.10 Å². The van der Waals surface area contributed by atoms with E-state index in [1.807, 2.05) is 19.9 Å². The molecule has 2 N–H and O–H groups in total. The van der Waals surface area contributed by atoms with E-state index in [4.69, 9.17) is 10.5 Å². The predicted octanol–water partition coefficient (Wildman–Crippen LogP) is 2.44. The number of benzene rings is 1. The molecule has 0 bridgehead atoms. The number of anilines is 1. The first-order valence-corrected chi connectivity index (χ1v) is 7.20. The Bertz CT molecular complexity index is 885. The minimum absolute atomic E-state index is 0.115. The molecule has 0 amide bonds. The quantitative estimate of drug-likeness (QED) is 0.746. The van der Waals surface area contributed by atoms with Gasteiger partial charge in [-0.25, -0.2) is 19.4 Å². The number of esters is 1. The molecule has 118 valence electrons. The zero-order valence-corrected chi connectivity index (χ0v) is 13.1. The molecule has 0 radical (unpaired) electrons. The van der Waals surface area contributed by atoms with Gasteiger partial charge in [0.1, 0.15) is 17.8 Å². The van der Waals surface area contributed by atoms with E-state index >= 15 is 0 Å². The molecule has 0 aliphatic carbocycles. The number of hydrogen-bond donors (Lipinski definition) is 1. The summed E-state index contributed by atoms with van der Waals surface area (Å²) in [4.78, 5) is 20.1. The minimum Gasteiger partial charge on any atom is -0.465 e. The minimum atomic E-state index is -0.399. The van der Waals surface area contributed by atoms with Crippen LogP contribution in [0.5, 0.6) is 0 Å². The monoisotopic (exact) mass is 311 g/mol. The van der Waals surface area contributed by atoms with Crippen molar-refractivity contribution < 1.29 is 9.53 Å². The molecular formula is C16H17N5O2. The molecule has 7 nitrogen and oxygen atoms in total. The van der Waals surface area contributed by atoms with Crippen LogP contribution in [0.25, 0.3) is 22.3 Å². The molecule has 2 aromatic heterocycles. The number of aromatic nitrogens is 4. The maximum atomic E-state index is 11.7. The van der Waals surface area contributed by atoms with Crippen molar-refractivity contribution in [2.75, 3.05) is 12.8 Å². The number of methoxy groups -OCH3 is 1. The average molecular weight is 311 g/mol. The van der Waals surface area contributed by atoms with Crippen molar-refractivity contribution in [3.05, 3.63) is 36.2 Å². The number of nitrogens with two attached hydrogens (primary N) is 1. The van der Waals surface area contributed by atoms with Gasteiger partial charge >= 0.3 is 5.97 Å². The molecule has 0 unspecified atom stereocenters. The topological polar surface area (TPSA) is 95.9 Å². The summed E-state index contributed by atoms with van der Waals surface area (Å²) in [6.45, 7) is 4.03.